The van der Waals surface area contributed by atoms with Gasteiger partial charge in [0.15, 0.2) is 0 Å². The van der Waals surface area contributed by atoms with Crippen molar-refractivity contribution in [3.05, 3.63) is 46.7 Å². The van der Waals surface area contributed by atoms with E-state index in [4.69, 9.17) is 16.9 Å². The number of aromatic nitrogens is 2. The Hall–Kier alpha value is -2.00. The van der Waals surface area contributed by atoms with Gasteiger partial charge in [-0.25, -0.2) is 4.68 Å². The number of hydrogen-bond acceptors (Lipinski definition) is 2. The Morgan fingerprint density at radius 2 is 2.06 bits per heavy atom. The lowest BCUT2D eigenvalue weighted by Gasteiger charge is -2.10. The normalized spacial score (nSPS) is 11.3. The zero-order valence-electron chi connectivity index (χ0n) is 8.74. The molecule has 0 atom stereocenters. The number of nitrogens with zero attached hydrogens (tertiary/aromatic N) is 3. The zero-order chi connectivity index (χ0) is 13.3. The second-order valence-electron chi connectivity index (χ2n) is 3.44. The average molecular weight is 272 g/mol. The molecule has 0 spiro atoms. The summed E-state index contributed by atoms with van der Waals surface area (Å²) in [6.07, 6.45) is -1.89. The highest BCUT2D eigenvalue weighted by Gasteiger charge is 2.34. The van der Waals surface area contributed by atoms with Crippen molar-refractivity contribution in [3.8, 4) is 11.8 Å². The van der Waals surface area contributed by atoms with E-state index in [0.717, 1.165) is 12.1 Å². The van der Waals surface area contributed by atoms with Gasteiger partial charge < -0.3 is 0 Å². The second kappa shape index (κ2) is 4.35. The van der Waals surface area contributed by atoms with E-state index in [-0.39, 0.29) is 5.69 Å². The van der Waals surface area contributed by atoms with Crippen LogP contribution in [0.25, 0.3) is 5.69 Å². The summed E-state index contributed by atoms with van der Waals surface area (Å²) >= 11 is 5.64. The second-order valence-corrected chi connectivity index (χ2v) is 3.88. The molecule has 0 N–H and O–H groups in total. The van der Waals surface area contributed by atoms with Crippen molar-refractivity contribution in [1.29, 1.82) is 5.26 Å². The number of benzene rings is 1. The molecule has 0 aliphatic carbocycles. The largest absolute Gasteiger partial charge is 0.417 e. The van der Waals surface area contributed by atoms with E-state index in [0.29, 0.717) is 5.02 Å². The molecule has 18 heavy (non-hydrogen) atoms. The van der Waals surface area contributed by atoms with Gasteiger partial charge in [0.05, 0.1) is 34.1 Å². The summed E-state index contributed by atoms with van der Waals surface area (Å²) < 4.78 is 39.4. The van der Waals surface area contributed by atoms with Gasteiger partial charge in [0, 0.05) is 6.20 Å². The Bertz CT molecular complexity index is 625. The van der Waals surface area contributed by atoms with Crippen molar-refractivity contribution in [3.63, 3.8) is 0 Å². The molecule has 1 aromatic carbocycles. The molecule has 2 aromatic rings. The van der Waals surface area contributed by atoms with E-state index in [1.807, 2.05) is 0 Å². The first-order chi connectivity index (χ1) is 8.41. The molecule has 3 nitrogen and oxygen atoms in total. The van der Waals surface area contributed by atoms with Gasteiger partial charge in [0.1, 0.15) is 0 Å². The average Bonchev–Trinajstić information content (AvgIpc) is 2.74. The van der Waals surface area contributed by atoms with Crippen LogP contribution in [0.1, 0.15) is 11.1 Å². The Morgan fingerprint density at radius 1 is 1.33 bits per heavy atom. The highest BCUT2D eigenvalue weighted by atomic mass is 35.5. The predicted octanol–water partition coefficient (Wildman–Crippen LogP) is 3.42. The van der Waals surface area contributed by atoms with Crippen molar-refractivity contribution < 1.29 is 13.2 Å². The van der Waals surface area contributed by atoms with Gasteiger partial charge in [0.25, 0.3) is 0 Å². The SMILES string of the molecule is N#Cc1ccc(-n2cc(Cl)cn2)cc1C(F)(F)F. The standard InChI is InChI=1S/C11H5ClF3N3/c12-8-5-17-18(6-8)9-2-1-7(4-16)10(3-9)11(13,14)15/h1-3,5-6H. The monoisotopic (exact) mass is 271 g/mol. The Labute approximate surface area is 105 Å². The Morgan fingerprint density at radius 3 is 2.56 bits per heavy atom. The van der Waals surface area contributed by atoms with Gasteiger partial charge in [-0.3, -0.25) is 0 Å². The van der Waals surface area contributed by atoms with Crippen LogP contribution in [0, 0.1) is 11.3 Å². The third-order valence-electron chi connectivity index (χ3n) is 2.24. The minimum atomic E-state index is -4.59. The summed E-state index contributed by atoms with van der Waals surface area (Å²) in [5.41, 5.74) is -1.23. The topological polar surface area (TPSA) is 41.6 Å². The molecule has 0 saturated heterocycles. The van der Waals surface area contributed by atoms with Crippen LogP contribution in [0.3, 0.4) is 0 Å². The van der Waals surface area contributed by atoms with Crippen molar-refractivity contribution >= 4 is 11.6 Å². The quantitative estimate of drug-likeness (QED) is 0.797. The fourth-order valence-electron chi connectivity index (χ4n) is 1.45. The van der Waals surface area contributed by atoms with Crippen LogP contribution in [0.2, 0.25) is 5.02 Å². The van der Waals surface area contributed by atoms with Gasteiger partial charge in [-0.15, -0.1) is 0 Å². The van der Waals surface area contributed by atoms with Crippen LogP contribution >= 0.6 is 11.6 Å². The fraction of sp³-hybridized carbons (Fsp3) is 0.0909. The number of alkyl halides is 3. The van der Waals surface area contributed by atoms with Gasteiger partial charge in [-0.05, 0) is 18.2 Å². The fourth-order valence-corrected chi connectivity index (χ4v) is 1.58. The lowest BCUT2D eigenvalue weighted by Crippen LogP contribution is -2.09. The third kappa shape index (κ3) is 2.31. The molecule has 92 valence electrons. The van der Waals surface area contributed by atoms with Crippen molar-refractivity contribution in [2.75, 3.05) is 0 Å². The number of nitriles is 1. The van der Waals surface area contributed by atoms with E-state index in [1.165, 1.54) is 29.2 Å². The summed E-state index contributed by atoms with van der Waals surface area (Å²) in [5, 5.41) is 12.8. The van der Waals surface area contributed by atoms with Crippen LogP contribution in [-0.2, 0) is 6.18 Å². The molecule has 0 unspecified atom stereocenters. The molecule has 0 fully saturated rings. The molecule has 1 heterocycles. The lowest BCUT2D eigenvalue weighted by molar-refractivity contribution is -0.137. The van der Waals surface area contributed by atoms with E-state index in [2.05, 4.69) is 5.10 Å². The maximum Gasteiger partial charge on any atom is 0.417 e. The zero-order valence-corrected chi connectivity index (χ0v) is 9.50. The molecule has 1 aromatic heterocycles. The maximum atomic E-state index is 12.7. The van der Waals surface area contributed by atoms with Crippen LogP contribution in [0.15, 0.2) is 30.6 Å². The first kappa shape index (κ1) is 12.5. The number of halogens is 4. The van der Waals surface area contributed by atoms with Gasteiger partial charge >= 0.3 is 6.18 Å². The van der Waals surface area contributed by atoms with Crippen LogP contribution in [0.5, 0.6) is 0 Å². The highest BCUT2D eigenvalue weighted by molar-refractivity contribution is 6.30. The molecule has 7 heteroatoms. The molecule has 2 rings (SSSR count). The first-order valence-corrected chi connectivity index (χ1v) is 5.11. The summed E-state index contributed by atoms with van der Waals surface area (Å²) in [6.45, 7) is 0. The molecule has 0 aliphatic heterocycles. The van der Waals surface area contributed by atoms with Gasteiger partial charge in [-0.2, -0.15) is 23.5 Å². The Balaban J connectivity index is 2.57. The number of rotatable bonds is 1. The molecule has 0 radical (unpaired) electrons. The smallest absolute Gasteiger partial charge is 0.239 e. The molecular formula is C11H5ClF3N3. The minimum absolute atomic E-state index is 0.188. The van der Waals surface area contributed by atoms with Crippen LogP contribution < -0.4 is 0 Å². The van der Waals surface area contributed by atoms with Crippen LogP contribution in [-0.4, -0.2) is 9.78 Å². The molecule has 0 bridgehead atoms. The molecule has 0 aliphatic rings. The van der Waals surface area contributed by atoms with Crippen molar-refractivity contribution in [1.82, 2.24) is 9.78 Å². The van der Waals surface area contributed by atoms with Gasteiger partial charge in [0.2, 0.25) is 0 Å². The lowest BCUT2D eigenvalue weighted by atomic mass is 10.1. The minimum Gasteiger partial charge on any atom is -0.239 e. The summed E-state index contributed by atoms with van der Waals surface area (Å²) in [5.74, 6) is 0. The summed E-state index contributed by atoms with van der Waals surface area (Å²) in [4.78, 5) is 0. The number of hydrogen-bond donors (Lipinski definition) is 0. The molecular weight excluding hydrogens is 267 g/mol. The third-order valence-corrected chi connectivity index (χ3v) is 2.44. The summed E-state index contributed by atoms with van der Waals surface area (Å²) in [6, 6.07) is 4.85. The van der Waals surface area contributed by atoms with Gasteiger partial charge in [-0.1, -0.05) is 11.6 Å². The van der Waals surface area contributed by atoms with Crippen molar-refractivity contribution in [2.24, 2.45) is 0 Å². The van der Waals surface area contributed by atoms with Crippen LogP contribution in [0.4, 0.5) is 13.2 Å². The maximum absolute atomic E-state index is 12.7. The highest BCUT2D eigenvalue weighted by Crippen LogP contribution is 2.33. The predicted molar refractivity (Wildman–Crippen MR) is 58.3 cm³/mol. The van der Waals surface area contributed by atoms with E-state index < -0.39 is 17.3 Å². The molecule has 0 amide bonds. The molecule has 0 saturated carbocycles. The first-order valence-electron chi connectivity index (χ1n) is 4.73. The Kier molecular flexibility index (Phi) is 3.01. The summed E-state index contributed by atoms with van der Waals surface area (Å²) in [7, 11) is 0. The van der Waals surface area contributed by atoms with E-state index in [9.17, 15) is 13.2 Å². The van der Waals surface area contributed by atoms with E-state index >= 15 is 0 Å². The van der Waals surface area contributed by atoms with E-state index in [1.54, 1.807) is 0 Å². The van der Waals surface area contributed by atoms with Crippen molar-refractivity contribution in [2.45, 2.75) is 6.18 Å².